The first-order valence-corrected chi connectivity index (χ1v) is 1.90. The van der Waals surface area contributed by atoms with Gasteiger partial charge in [0.05, 0.1) is 14.9 Å². The number of hydrogen-bond acceptors (Lipinski definition) is 4. The SMILES string of the molecule is O.[Fe+3].[O-][Cl+3]([O-])([O-])O. The largest absolute Gasteiger partial charge is 3.00 e. The van der Waals surface area contributed by atoms with E-state index in [4.69, 9.17) is 18.6 Å². The predicted octanol–water partition coefficient (Wildman–Crippen LogP) is -4.95. The van der Waals surface area contributed by atoms with E-state index in [1.165, 1.54) is 0 Å². The van der Waals surface area contributed by atoms with Crippen molar-refractivity contribution in [1.82, 2.24) is 0 Å². The van der Waals surface area contributed by atoms with Crippen LogP contribution in [0, 0.1) is 10.2 Å². The van der Waals surface area contributed by atoms with Crippen LogP contribution in [-0.4, -0.2) is 10.1 Å². The fraction of sp³-hybridized carbons (Fsp3) is 0. The van der Waals surface area contributed by atoms with E-state index in [-0.39, 0.29) is 22.5 Å². The maximum Gasteiger partial charge on any atom is 3.00 e. The van der Waals surface area contributed by atoms with Gasteiger partial charge in [0.25, 0.3) is 0 Å². The van der Waals surface area contributed by atoms with Crippen molar-refractivity contribution in [2.24, 2.45) is 0 Å². The number of rotatable bonds is 0. The molecule has 0 spiro atoms. The Balaban J connectivity index is -0.0000000800. The molecule has 5 nitrogen and oxygen atoms in total. The van der Waals surface area contributed by atoms with Crippen LogP contribution in [0.5, 0.6) is 0 Å². The van der Waals surface area contributed by atoms with E-state index in [0.717, 1.165) is 0 Å². The van der Waals surface area contributed by atoms with Crippen LogP contribution in [-0.2, 0) is 17.1 Å². The third kappa shape index (κ3) is 378. The van der Waals surface area contributed by atoms with E-state index in [1.807, 2.05) is 0 Å². The molecule has 0 saturated heterocycles. The Morgan fingerprint density at radius 3 is 1.14 bits per heavy atom. The average molecular weight is 174 g/mol. The Labute approximate surface area is 52.1 Å². The molecule has 3 N–H and O–H groups in total. The first-order valence-electron chi connectivity index (χ1n) is 0.632. The molecular formula is H3ClFeO5+3. The molecule has 0 aliphatic heterocycles. The van der Waals surface area contributed by atoms with Crippen LogP contribution in [0.1, 0.15) is 0 Å². The van der Waals surface area contributed by atoms with Crippen molar-refractivity contribution in [2.45, 2.75) is 0 Å². The van der Waals surface area contributed by atoms with Crippen molar-refractivity contribution in [3.05, 3.63) is 0 Å². The summed E-state index contributed by atoms with van der Waals surface area (Å²) in [6.07, 6.45) is 0. The van der Waals surface area contributed by atoms with E-state index in [1.54, 1.807) is 0 Å². The van der Waals surface area contributed by atoms with Crippen LogP contribution in [0.3, 0.4) is 0 Å². The molecule has 0 unspecified atom stereocenters. The van der Waals surface area contributed by atoms with Gasteiger partial charge in [0.1, 0.15) is 0 Å². The maximum absolute atomic E-state index is 8.60. The molecule has 0 aromatic carbocycles. The fourth-order valence-corrected chi connectivity index (χ4v) is 0. The molecule has 1 radical (unpaired) electrons. The van der Waals surface area contributed by atoms with Crippen molar-refractivity contribution in [2.75, 3.05) is 0 Å². The second-order valence-corrected chi connectivity index (χ2v) is 1.19. The summed E-state index contributed by atoms with van der Waals surface area (Å²) in [5.41, 5.74) is 0. The molecule has 0 rings (SSSR count). The molecule has 0 heterocycles. The predicted molar refractivity (Wildman–Crippen MR) is 5.83 cm³/mol. The molecule has 0 saturated carbocycles. The van der Waals surface area contributed by atoms with Crippen LogP contribution < -0.4 is 14.0 Å². The molecule has 0 aromatic rings. The summed E-state index contributed by atoms with van der Waals surface area (Å²) < 4.78 is 32.7. The first kappa shape index (κ1) is 15.6. The minimum absolute atomic E-state index is 0. The molecule has 0 atom stereocenters. The van der Waals surface area contributed by atoms with Gasteiger partial charge in [0, 0.05) is 0 Å². The van der Waals surface area contributed by atoms with E-state index >= 15 is 0 Å². The van der Waals surface area contributed by atoms with Crippen LogP contribution in [0.4, 0.5) is 0 Å². The molecular weight excluding hydrogens is 171 g/mol. The Bertz CT molecular complexity index is 23.6. The molecule has 0 amide bonds. The zero-order valence-electron chi connectivity index (χ0n) is 2.90. The zero-order valence-corrected chi connectivity index (χ0v) is 4.76. The van der Waals surface area contributed by atoms with Crippen molar-refractivity contribution >= 4 is 0 Å². The normalized spacial score (nSPS) is 8.57. The quantitative estimate of drug-likeness (QED) is 0.370. The van der Waals surface area contributed by atoms with E-state index in [0.29, 0.717) is 0 Å². The van der Waals surface area contributed by atoms with Gasteiger partial charge in [-0.1, -0.05) is 0 Å². The van der Waals surface area contributed by atoms with Crippen molar-refractivity contribution in [3.8, 4) is 0 Å². The molecule has 0 aliphatic carbocycles. The van der Waals surface area contributed by atoms with Crippen LogP contribution in [0.2, 0.25) is 0 Å². The van der Waals surface area contributed by atoms with Crippen LogP contribution in [0.15, 0.2) is 0 Å². The molecule has 0 fully saturated rings. The third-order valence-corrected chi connectivity index (χ3v) is 0. The van der Waals surface area contributed by atoms with Gasteiger partial charge in [-0.2, -0.15) is 14.0 Å². The minimum Gasteiger partial charge on any atom is -0.412 e. The van der Waals surface area contributed by atoms with Crippen molar-refractivity contribution in [1.29, 1.82) is 0 Å². The number of halogens is 1. The van der Waals surface area contributed by atoms with Crippen molar-refractivity contribution < 1.29 is 51.4 Å². The molecule has 0 bridgehead atoms. The summed E-state index contributed by atoms with van der Waals surface area (Å²) in [6, 6.07) is 0. The zero-order chi connectivity index (χ0) is 4.50. The fourth-order valence-electron chi connectivity index (χ4n) is 0. The molecule has 7 heteroatoms. The summed E-state index contributed by atoms with van der Waals surface area (Å²) >= 11 is 0. The van der Waals surface area contributed by atoms with E-state index in [2.05, 4.69) is 0 Å². The van der Waals surface area contributed by atoms with Gasteiger partial charge in [-0.05, 0) is 0 Å². The Hall–Kier alpha value is 0.609. The molecule has 0 aromatic heterocycles. The van der Waals surface area contributed by atoms with Gasteiger partial charge in [0.15, 0.2) is 0 Å². The Kier molecular flexibility index (Phi) is 10.6. The first-order chi connectivity index (χ1) is 2.00. The van der Waals surface area contributed by atoms with Gasteiger partial charge in [0.2, 0.25) is 0 Å². The second-order valence-electron chi connectivity index (χ2n) is 0.396. The number of hydrogen-bond donors (Lipinski definition) is 1. The summed E-state index contributed by atoms with van der Waals surface area (Å²) in [6.45, 7) is 0. The topological polar surface area (TPSA) is 121 Å². The Morgan fingerprint density at radius 1 is 1.14 bits per heavy atom. The van der Waals surface area contributed by atoms with Gasteiger partial charge >= 0.3 is 17.1 Å². The van der Waals surface area contributed by atoms with E-state index < -0.39 is 10.2 Å². The van der Waals surface area contributed by atoms with Gasteiger partial charge in [-0.25, -0.2) is 0 Å². The summed E-state index contributed by atoms with van der Waals surface area (Å²) in [4.78, 5) is 0. The monoisotopic (exact) mass is 174 g/mol. The third-order valence-electron chi connectivity index (χ3n) is 0. The molecule has 45 valence electrons. The maximum atomic E-state index is 8.60. The average Bonchev–Trinajstić information content (AvgIpc) is 0.722. The molecule has 0 aliphatic rings. The molecule has 7 heavy (non-hydrogen) atoms. The van der Waals surface area contributed by atoms with E-state index in [9.17, 15) is 0 Å². The van der Waals surface area contributed by atoms with Gasteiger partial charge < -0.3 is 5.48 Å². The van der Waals surface area contributed by atoms with Crippen molar-refractivity contribution in [3.63, 3.8) is 0 Å². The second kappa shape index (κ2) is 4.76. The summed E-state index contributed by atoms with van der Waals surface area (Å²) in [5, 5.41) is 0. The smallest absolute Gasteiger partial charge is 0.412 e. The minimum atomic E-state index is -4.69. The standard InChI is InChI=1S/ClHO4.Fe.H2O/c2-1(3,4)5;;/h(H,2,3,4,5);;1H2/q;+3;. The van der Waals surface area contributed by atoms with Crippen LogP contribution in [0.25, 0.3) is 0 Å². The van der Waals surface area contributed by atoms with Gasteiger partial charge in [-0.3, -0.25) is 0 Å². The van der Waals surface area contributed by atoms with Gasteiger partial charge in [-0.15, -0.1) is 0 Å². The Morgan fingerprint density at radius 2 is 1.14 bits per heavy atom. The van der Waals surface area contributed by atoms with Crippen LogP contribution >= 0.6 is 0 Å². The summed E-state index contributed by atoms with van der Waals surface area (Å²) in [5.74, 6) is 0. The summed E-state index contributed by atoms with van der Waals surface area (Å²) in [7, 11) is -4.69.